The minimum absolute atomic E-state index is 0.0105. The summed E-state index contributed by atoms with van der Waals surface area (Å²) in [7, 11) is 1.56. The Labute approximate surface area is 113 Å². The van der Waals surface area contributed by atoms with Crippen LogP contribution in [0.3, 0.4) is 0 Å². The van der Waals surface area contributed by atoms with E-state index >= 15 is 0 Å². The number of nitrogens with one attached hydrogen (secondary N) is 1. The number of nitrogens with zero attached hydrogens (tertiary/aromatic N) is 1. The second-order valence-electron chi connectivity index (χ2n) is 4.54. The van der Waals surface area contributed by atoms with Crippen LogP contribution in [0, 0.1) is 18.3 Å². The highest BCUT2D eigenvalue weighted by atomic mass is 16.5. The van der Waals surface area contributed by atoms with E-state index in [0.717, 1.165) is 11.1 Å². The van der Waals surface area contributed by atoms with E-state index in [1.165, 1.54) is 0 Å². The molecule has 0 bridgehead atoms. The molecule has 0 fully saturated rings. The average Bonchev–Trinajstić information content (AvgIpc) is 2.35. The lowest BCUT2D eigenvalue weighted by atomic mass is 10.1. The van der Waals surface area contributed by atoms with Gasteiger partial charge in [-0.1, -0.05) is 11.6 Å². The van der Waals surface area contributed by atoms with Gasteiger partial charge in [0.25, 0.3) is 5.91 Å². The zero-order chi connectivity index (χ0) is 14.4. The molecule has 4 nitrogen and oxygen atoms in total. The van der Waals surface area contributed by atoms with E-state index in [4.69, 9.17) is 10.00 Å². The van der Waals surface area contributed by atoms with Gasteiger partial charge in [-0.25, -0.2) is 0 Å². The van der Waals surface area contributed by atoms with E-state index in [1.54, 1.807) is 13.2 Å². The van der Waals surface area contributed by atoms with Crippen molar-refractivity contribution in [2.45, 2.75) is 26.8 Å². The Morgan fingerprint density at radius 3 is 2.68 bits per heavy atom. The van der Waals surface area contributed by atoms with Crippen molar-refractivity contribution in [3.63, 3.8) is 0 Å². The van der Waals surface area contributed by atoms with Crippen molar-refractivity contribution in [1.29, 1.82) is 5.26 Å². The monoisotopic (exact) mass is 258 g/mol. The summed E-state index contributed by atoms with van der Waals surface area (Å²) >= 11 is 0. The lowest BCUT2D eigenvalue weighted by Gasteiger charge is -2.09. The van der Waals surface area contributed by atoms with Crippen LogP contribution in [0.15, 0.2) is 23.8 Å². The third-order valence-corrected chi connectivity index (χ3v) is 2.47. The quantitative estimate of drug-likeness (QED) is 0.666. The number of amides is 1. The van der Waals surface area contributed by atoms with Gasteiger partial charge in [-0.15, -0.1) is 0 Å². The molecular weight excluding hydrogens is 240 g/mol. The van der Waals surface area contributed by atoms with Gasteiger partial charge in [0.1, 0.15) is 17.4 Å². The molecule has 1 aromatic rings. The van der Waals surface area contributed by atoms with Gasteiger partial charge in [0.05, 0.1) is 7.11 Å². The molecule has 0 spiro atoms. The van der Waals surface area contributed by atoms with Crippen LogP contribution in [0.25, 0.3) is 6.08 Å². The van der Waals surface area contributed by atoms with E-state index in [0.29, 0.717) is 5.75 Å². The first-order valence-corrected chi connectivity index (χ1v) is 6.05. The number of nitriles is 1. The second kappa shape index (κ2) is 6.60. The maximum atomic E-state index is 11.8. The molecule has 0 heterocycles. The van der Waals surface area contributed by atoms with E-state index in [-0.39, 0.29) is 17.5 Å². The SMILES string of the molecule is COc1ccc(C)cc1/C=C(\C#N)C(=O)NC(C)C. The Kier molecular flexibility index (Phi) is 5.13. The van der Waals surface area contributed by atoms with Gasteiger partial charge in [-0.3, -0.25) is 4.79 Å². The summed E-state index contributed by atoms with van der Waals surface area (Å²) in [6.07, 6.45) is 1.55. The zero-order valence-electron chi connectivity index (χ0n) is 11.7. The number of rotatable bonds is 4. The van der Waals surface area contributed by atoms with E-state index in [1.807, 2.05) is 45.0 Å². The van der Waals surface area contributed by atoms with E-state index in [9.17, 15) is 4.79 Å². The van der Waals surface area contributed by atoms with Crippen molar-refractivity contribution < 1.29 is 9.53 Å². The van der Waals surface area contributed by atoms with Gasteiger partial charge < -0.3 is 10.1 Å². The predicted octanol–water partition coefficient (Wildman–Crippen LogP) is 2.44. The van der Waals surface area contributed by atoms with Gasteiger partial charge in [-0.05, 0) is 39.0 Å². The van der Waals surface area contributed by atoms with Crippen LogP contribution in [-0.2, 0) is 4.79 Å². The average molecular weight is 258 g/mol. The Hall–Kier alpha value is -2.28. The highest BCUT2D eigenvalue weighted by Gasteiger charge is 2.11. The van der Waals surface area contributed by atoms with Crippen molar-refractivity contribution in [3.8, 4) is 11.8 Å². The van der Waals surface area contributed by atoms with Crippen LogP contribution < -0.4 is 10.1 Å². The third kappa shape index (κ3) is 4.14. The number of benzene rings is 1. The van der Waals surface area contributed by atoms with Crippen molar-refractivity contribution in [3.05, 3.63) is 34.9 Å². The van der Waals surface area contributed by atoms with Crippen LogP contribution in [0.4, 0.5) is 0 Å². The van der Waals surface area contributed by atoms with Crippen LogP contribution in [0.5, 0.6) is 5.75 Å². The van der Waals surface area contributed by atoms with Gasteiger partial charge in [0.15, 0.2) is 0 Å². The number of hydrogen-bond acceptors (Lipinski definition) is 3. The Morgan fingerprint density at radius 1 is 1.47 bits per heavy atom. The fourth-order valence-electron chi connectivity index (χ4n) is 1.61. The number of methoxy groups -OCH3 is 1. The van der Waals surface area contributed by atoms with E-state index < -0.39 is 0 Å². The topological polar surface area (TPSA) is 62.1 Å². The van der Waals surface area contributed by atoms with Gasteiger partial charge in [0.2, 0.25) is 0 Å². The van der Waals surface area contributed by atoms with Crippen molar-refractivity contribution in [2.75, 3.05) is 7.11 Å². The van der Waals surface area contributed by atoms with E-state index in [2.05, 4.69) is 5.32 Å². The van der Waals surface area contributed by atoms with Crippen LogP contribution >= 0.6 is 0 Å². The molecule has 0 aliphatic rings. The molecule has 0 unspecified atom stereocenters. The minimum atomic E-state index is -0.374. The van der Waals surface area contributed by atoms with Crippen LogP contribution in [0.1, 0.15) is 25.0 Å². The number of carbonyl (C=O) groups excluding carboxylic acids is 1. The summed E-state index contributed by atoms with van der Waals surface area (Å²) < 4.78 is 5.22. The minimum Gasteiger partial charge on any atom is -0.496 e. The standard InChI is InChI=1S/C15H18N2O2/c1-10(2)17-15(18)13(9-16)8-12-7-11(3)5-6-14(12)19-4/h5-8,10H,1-4H3,(H,17,18)/b13-8+. The van der Waals surface area contributed by atoms with Crippen molar-refractivity contribution in [1.82, 2.24) is 5.32 Å². The molecule has 1 N–H and O–H groups in total. The van der Waals surface area contributed by atoms with Crippen LogP contribution in [-0.4, -0.2) is 19.1 Å². The molecule has 1 rings (SSSR count). The Bertz CT molecular complexity index is 540. The Morgan fingerprint density at radius 2 is 2.16 bits per heavy atom. The summed E-state index contributed by atoms with van der Waals surface area (Å²) in [4.78, 5) is 11.8. The number of carbonyl (C=O) groups is 1. The first-order valence-electron chi connectivity index (χ1n) is 6.05. The maximum Gasteiger partial charge on any atom is 0.262 e. The number of ether oxygens (including phenoxy) is 1. The van der Waals surface area contributed by atoms with Gasteiger partial charge >= 0.3 is 0 Å². The molecule has 0 saturated carbocycles. The second-order valence-corrected chi connectivity index (χ2v) is 4.54. The molecule has 0 atom stereocenters. The zero-order valence-corrected chi connectivity index (χ0v) is 11.7. The first kappa shape index (κ1) is 14.8. The molecule has 0 radical (unpaired) electrons. The normalized spacial score (nSPS) is 11.1. The lowest BCUT2D eigenvalue weighted by Crippen LogP contribution is -2.30. The van der Waals surface area contributed by atoms with Gasteiger partial charge in [-0.2, -0.15) is 5.26 Å². The largest absolute Gasteiger partial charge is 0.496 e. The first-order chi connectivity index (χ1) is 8.97. The van der Waals surface area contributed by atoms with Crippen molar-refractivity contribution >= 4 is 12.0 Å². The summed E-state index contributed by atoms with van der Waals surface area (Å²) in [5, 5.41) is 11.8. The maximum absolute atomic E-state index is 11.8. The molecule has 1 aromatic carbocycles. The highest BCUT2D eigenvalue weighted by molar-refractivity contribution is 6.02. The Balaban J connectivity index is 3.14. The molecule has 0 aromatic heterocycles. The molecule has 4 heteroatoms. The molecule has 1 amide bonds. The smallest absolute Gasteiger partial charge is 0.262 e. The number of aryl methyl sites for hydroxylation is 1. The van der Waals surface area contributed by atoms with Crippen molar-refractivity contribution in [2.24, 2.45) is 0 Å². The van der Waals surface area contributed by atoms with Gasteiger partial charge in [0, 0.05) is 11.6 Å². The summed E-state index contributed by atoms with van der Waals surface area (Å²) in [5.41, 5.74) is 1.82. The molecule has 100 valence electrons. The molecule has 0 saturated heterocycles. The summed E-state index contributed by atoms with van der Waals surface area (Å²) in [5.74, 6) is 0.261. The molecule has 0 aliphatic heterocycles. The molecule has 0 aliphatic carbocycles. The number of hydrogen-bond donors (Lipinski definition) is 1. The summed E-state index contributed by atoms with van der Waals surface area (Å²) in [6, 6.07) is 7.51. The molecular formula is C15H18N2O2. The summed E-state index contributed by atoms with van der Waals surface area (Å²) in [6.45, 7) is 5.64. The fourth-order valence-corrected chi connectivity index (χ4v) is 1.61. The molecule has 19 heavy (non-hydrogen) atoms. The third-order valence-electron chi connectivity index (χ3n) is 2.47. The fraction of sp³-hybridized carbons (Fsp3) is 0.333. The predicted molar refractivity (Wildman–Crippen MR) is 74.6 cm³/mol. The highest BCUT2D eigenvalue weighted by Crippen LogP contribution is 2.22. The van der Waals surface area contributed by atoms with Crippen LogP contribution in [0.2, 0.25) is 0 Å². The lowest BCUT2D eigenvalue weighted by molar-refractivity contribution is -0.117.